The molecule has 0 saturated heterocycles. The zero-order valence-electron chi connectivity index (χ0n) is 15.6. The van der Waals surface area contributed by atoms with Crippen LogP contribution in [0.4, 0.5) is 5.69 Å². The quantitative estimate of drug-likeness (QED) is 0.838. The lowest BCUT2D eigenvalue weighted by Crippen LogP contribution is -2.26. The van der Waals surface area contributed by atoms with Gasteiger partial charge in [0.1, 0.15) is 0 Å². The van der Waals surface area contributed by atoms with Crippen molar-refractivity contribution in [3.8, 4) is 0 Å². The summed E-state index contributed by atoms with van der Waals surface area (Å²) in [5.41, 5.74) is 8.83. The van der Waals surface area contributed by atoms with Gasteiger partial charge in [0.15, 0.2) is 0 Å². The van der Waals surface area contributed by atoms with Crippen LogP contribution in [0.2, 0.25) is 0 Å². The van der Waals surface area contributed by atoms with Crippen molar-refractivity contribution in [3.63, 3.8) is 0 Å². The van der Waals surface area contributed by atoms with Gasteiger partial charge in [0.2, 0.25) is 0 Å². The van der Waals surface area contributed by atoms with Crippen molar-refractivity contribution in [1.29, 1.82) is 0 Å². The van der Waals surface area contributed by atoms with E-state index in [0.717, 1.165) is 13.1 Å². The van der Waals surface area contributed by atoms with Gasteiger partial charge in [-0.05, 0) is 78.5 Å². The van der Waals surface area contributed by atoms with Crippen LogP contribution in [-0.2, 0) is 25.8 Å². The summed E-state index contributed by atoms with van der Waals surface area (Å²) in [6.45, 7) is 6.70. The fourth-order valence-corrected chi connectivity index (χ4v) is 4.17. The standard InChI is InChI=1S/C23H30N2/c1-16(2)20-7-6-19-8-10-22(25-23(19)14-20)9-4-17-3-5-18-11-12-24-15-21(18)13-17/h3,5-7,13-14,16,22,24-25H,4,8-12,15H2,1-2H3. The summed E-state index contributed by atoms with van der Waals surface area (Å²) in [5, 5.41) is 7.30. The van der Waals surface area contributed by atoms with Gasteiger partial charge in [-0.2, -0.15) is 0 Å². The highest BCUT2D eigenvalue weighted by molar-refractivity contribution is 5.56. The predicted octanol–water partition coefficient (Wildman–Crippen LogP) is 4.82. The molecule has 2 nitrogen and oxygen atoms in total. The number of nitrogens with one attached hydrogen (secondary N) is 2. The first-order valence-electron chi connectivity index (χ1n) is 9.90. The van der Waals surface area contributed by atoms with Gasteiger partial charge in [-0.25, -0.2) is 0 Å². The molecule has 0 amide bonds. The molecule has 0 saturated carbocycles. The van der Waals surface area contributed by atoms with E-state index in [1.54, 1.807) is 0 Å². The van der Waals surface area contributed by atoms with E-state index in [4.69, 9.17) is 0 Å². The second-order valence-corrected chi connectivity index (χ2v) is 8.02. The highest BCUT2D eigenvalue weighted by Gasteiger charge is 2.18. The maximum Gasteiger partial charge on any atom is 0.0377 e. The van der Waals surface area contributed by atoms with Crippen LogP contribution in [0, 0.1) is 0 Å². The van der Waals surface area contributed by atoms with Crippen LogP contribution >= 0.6 is 0 Å². The normalized spacial score (nSPS) is 19.2. The largest absolute Gasteiger partial charge is 0.382 e. The predicted molar refractivity (Wildman–Crippen MR) is 106 cm³/mol. The third-order valence-electron chi connectivity index (χ3n) is 5.86. The zero-order chi connectivity index (χ0) is 17.2. The van der Waals surface area contributed by atoms with E-state index < -0.39 is 0 Å². The maximum atomic E-state index is 3.81. The summed E-state index contributed by atoms with van der Waals surface area (Å²) in [6.07, 6.45) is 6.02. The molecular weight excluding hydrogens is 304 g/mol. The van der Waals surface area contributed by atoms with Gasteiger partial charge in [0.05, 0.1) is 0 Å². The second kappa shape index (κ2) is 7.21. The minimum Gasteiger partial charge on any atom is -0.382 e. The number of rotatable bonds is 4. The van der Waals surface area contributed by atoms with Gasteiger partial charge >= 0.3 is 0 Å². The van der Waals surface area contributed by atoms with Crippen molar-refractivity contribution in [2.24, 2.45) is 0 Å². The minimum absolute atomic E-state index is 0.594. The molecule has 4 rings (SSSR count). The van der Waals surface area contributed by atoms with Crippen LogP contribution in [-0.4, -0.2) is 12.6 Å². The topological polar surface area (TPSA) is 24.1 Å². The summed E-state index contributed by atoms with van der Waals surface area (Å²) in [5.74, 6) is 0.594. The Morgan fingerprint density at radius 3 is 2.76 bits per heavy atom. The number of hydrogen-bond acceptors (Lipinski definition) is 2. The molecule has 0 radical (unpaired) electrons. The Hall–Kier alpha value is -1.80. The molecule has 2 aromatic carbocycles. The zero-order valence-corrected chi connectivity index (χ0v) is 15.6. The van der Waals surface area contributed by atoms with E-state index in [9.17, 15) is 0 Å². The maximum absolute atomic E-state index is 3.81. The molecule has 25 heavy (non-hydrogen) atoms. The molecule has 0 spiro atoms. The van der Waals surface area contributed by atoms with Crippen molar-refractivity contribution in [3.05, 3.63) is 64.2 Å². The number of benzene rings is 2. The molecular formula is C23H30N2. The van der Waals surface area contributed by atoms with Crippen molar-refractivity contribution >= 4 is 5.69 Å². The first-order valence-corrected chi connectivity index (χ1v) is 9.90. The Labute approximate surface area is 152 Å². The molecule has 2 aromatic rings. The summed E-state index contributed by atoms with van der Waals surface area (Å²) < 4.78 is 0. The summed E-state index contributed by atoms with van der Waals surface area (Å²) in [4.78, 5) is 0. The summed E-state index contributed by atoms with van der Waals surface area (Å²) in [7, 11) is 0. The van der Waals surface area contributed by atoms with Crippen molar-refractivity contribution in [1.82, 2.24) is 5.32 Å². The lowest BCUT2D eigenvalue weighted by molar-refractivity contribution is 0.585. The Kier molecular flexibility index (Phi) is 4.80. The van der Waals surface area contributed by atoms with E-state index in [2.05, 4.69) is 60.9 Å². The third-order valence-corrected chi connectivity index (χ3v) is 5.86. The van der Waals surface area contributed by atoms with Crippen LogP contribution in [0.1, 0.15) is 60.4 Å². The van der Waals surface area contributed by atoms with Crippen LogP contribution in [0.5, 0.6) is 0 Å². The van der Waals surface area contributed by atoms with Crippen molar-refractivity contribution in [2.45, 2.75) is 64.5 Å². The molecule has 1 unspecified atom stereocenters. The number of aryl methyl sites for hydroxylation is 2. The van der Waals surface area contributed by atoms with E-state index in [0.29, 0.717) is 12.0 Å². The SMILES string of the molecule is CC(C)c1ccc2c(c1)NC(CCc1ccc3c(c1)CNCC3)CC2. The minimum atomic E-state index is 0.594. The molecule has 132 valence electrons. The van der Waals surface area contributed by atoms with Gasteiger partial charge in [0.25, 0.3) is 0 Å². The lowest BCUT2D eigenvalue weighted by atomic mass is 9.91. The van der Waals surface area contributed by atoms with Crippen LogP contribution < -0.4 is 10.6 Å². The highest BCUT2D eigenvalue weighted by atomic mass is 14.9. The Balaban J connectivity index is 1.40. The Morgan fingerprint density at radius 2 is 1.88 bits per heavy atom. The monoisotopic (exact) mass is 334 g/mol. The third kappa shape index (κ3) is 3.74. The van der Waals surface area contributed by atoms with E-state index in [1.807, 2.05) is 0 Å². The smallest absolute Gasteiger partial charge is 0.0377 e. The second-order valence-electron chi connectivity index (χ2n) is 8.02. The van der Waals surface area contributed by atoms with Gasteiger partial charge in [-0.1, -0.05) is 44.2 Å². The van der Waals surface area contributed by atoms with Gasteiger partial charge in [-0.15, -0.1) is 0 Å². The molecule has 2 heterocycles. The Bertz CT molecular complexity index is 748. The van der Waals surface area contributed by atoms with E-state index in [1.165, 1.54) is 65.6 Å². The van der Waals surface area contributed by atoms with Crippen molar-refractivity contribution in [2.75, 3.05) is 11.9 Å². The fourth-order valence-electron chi connectivity index (χ4n) is 4.17. The van der Waals surface area contributed by atoms with E-state index >= 15 is 0 Å². The number of anilines is 1. The number of hydrogen-bond donors (Lipinski definition) is 2. The molecule has 0 aliphatic carbocycles. The van der Waals surface area contributed by atoms with E-state index in [-0.39, 0.29) is 0 Å². The van der Waals surface area contributed by atoms with Crippen LogP contribution in [0.25, 0.3) is 0 Å². The highest BCUT2D eigenvalue weighted by Crippen LogP contribution is 2.30. The number of fused-ring (bicyclic) bond motifs is 2. The molecule has 0 fully saturated rings. The molecule has 2 N–H and O–H groups in total. The molecule has 2 heteroatoms. The van der Waals surface area contributed by atoms with Gasteiger partial charge in [-0.3, -0.25) is 0 Å². The van der Waals surface area contributed by atoms with Gasteiger partial charge < -0.3 is 10.6 Å². The lowest BCUT2D eigenvalue weighted by Gasteiger charge is -2.28. The summed E-state index contributed by atoms with van der Waals surface area (Å²) >= 11 is 0. The average Bonchev–Trinajstić information content (AvgIpc) is 2.65. The van der Waals surface area contributed by atoms with Crippen LogP contribution in [0.3, 0.4) is 0 Å². The van der Waals surface area contributed by atoms with Crippen molar-refractivity contribution < 1.29 is 0 Å². The Morgan fingerprint density at radius 1 is 1.00 bits per heavy atom. The molecule has 2 aliphatic rings. The van der Waals surface area contributed by atoms with Gasteiger partial charge in [0, 0.05) is 18.3 Å². The molecule has 2 aliphatic heterocycles. The summed E-state index contributed by atoms with van der Waals surface area (Å²) in [6, 6.07) is 14.7. The molecule has 0 bridgehead atoms. The first-order chi connectivity index (χ1) is 12.2. The molecule has 0 aromatic heterocycles. The average molecular weight is 335 g/mol. The molecule has 1 atom stereocenters. The fraction of sp³-hybridized carbons (Fsp3) is 0.478. The van der Waals surface area contributed by atoms with Crippen LogP contribution in [0.15, 0.2) is 36.4 Å². The first kappa shape index (κ1) is 16.7.